The first-order chi connectivity index (χ1) is 8.29. The molecule has 0 aliphatic rings. The molecule has 0 amide bonds. The van der Waals surface area contributed by atoms with Crippen LogP contribution in [0.4, 0.5) is 17.1 Å². The largest absolute Gasteiger partial charge is 0.399 e. The molecular formula is C13H11N3O. The Balaban J connectivity index is 2.30. The van der Waals surface area contributed by atoms with Gasteiger partial charge < -0.3 is 5.73 Å². The maximum atomic E-state index is 10.8. The minimum atomic E-state index is 0.435. The molecule has 0 atom stereocenters. The van der Waals surface area contributed by atoms with Gasteiger partial charge in [-0.15, -0.1) is 5.11 Å². The van der Waals surface area contributed by atoms with Crippen molar-refractivity contribution in [3.8, 4) is 0 Å². The van der Waals surface area contributed by atoms with Crippen molar-refractivity contribution in [1.82, 2.24) is 0 Å². The van der Waals surface area contributed by atoms with E-state index in [0.29, 0.717) is 16.9 Å². The smallest absolute Gasteiger partial charge is 0.152 e. The molecule has 0 heterocycles. The number of hydrogen-bond acceptors (Lipinski definition) is 4. The predicted octanol–water partition coefficient (Wildman–Crippen LogP) is 3.50. The van der Waals surface area contributed by atoms with Crippen LogP contribution in [0, 0.1) is 0 Å². The molecule has 0 saturated heterocycles. The SMILES string of the molecule is Nc1ccc(N=Nc2ccccc2)c(C=O)c1. The second-order valence-electron chi connectivity index (χ2n) is 3.47. The van der Waals surface area contributed by atoms with Crippen molar-refractivity contribution < 1.29 is 4.79 Å². The monoisotopic (exact) mass is 225 g/mol. The summed E-state index contributed by atoms with van der Waals surface area (Å²) in [4.78, 5) is 10.8. The molecule has 0 aliphatic carbocycles. The second-order valence-corrected chi connectivity index (χ2v) is 3.47. The molecule has 2 aromatic carbocycles. The first kappa shape index (κ1) is 11.0. The van der Waals surface area contributed by atoms with Gasteiger partial charge in [-0.3, -0.25) is 4.79 Å². The van der Waals surface area contributed by atoms with E-state index in [2.05, 4.69) is 10.2 Å². The molecule has 2 rings (SSSR count). The van der Waals surface area contributed by atoms with Crippen molar-refractivity contribution in [3.05, 3.63) is 54.1 Å². The number of nitrogens with two attached hydrogens (primary N) is 1. The number of nitrogens with zero attached hydrogens (tertiary/aromatic N) is 2. The normalized spacial score (nSPS) is 10.6. The van der Waals surface area contributed by atoms with Crippen LogP contribution < -0.4 is 5.73 Å². The van der Waals surface area contributed by atoms with Gasteiger partial charge >= 0.3 is 0 Å². The molecule has 0 bridgehead atoms. The lowest BCUT2D eigenvalue weighted by atomic mass is 10.2. The van der Waals surface area contributed by atoms with Crippen LogP contribution in [0.15, 0.2) is 58.8 Å². The fraction of sp³-hybridized carbons (Fsp3) is 0. The topological polar surface area (TPSA) is 67.8 Å². The van der Waals surface area contributed by atoms with Gasteiger partial charge in [0, 0.05) is 11.3 Å². The number of anilines is 1. The Hall–Kier alpha value is -2.49. The number of nitrogen functional groups attached to an aromatic ring is 1. The van der Waals surface area contributed by atoms with Crippen molar-refractivity contribution in [3.63, 3.8) is 0 Å². The third-order valence-corrected chi connectivity index (χ3v) is 2.21. The molecule has 0 unspecified atom stereocenters. The van der Waals surface area contributed by atoms with Crippen LogP contribution in [0.5, 0.6) is 0 Å². The fourth-order valence-electron chi connectivity index (χ4n) is 1.36. The molecule has 0 fully saturated rings. The Morgan fingerprint density at radius 3 is 2.47 bits per heavy atom. The molecule has 17 heavy (non-hydrogen) atoms. The summed E-state index contributed by atoms with van der Waals surface area (Å²) in [6.45, 7) is 0. The van der Waals surface area contributed by atoms with Crippen molar-refractivity contribution in [1.29, 1.82) is 0 Å². The average molecular weight is 225 g/mol. The molecule has 84 valence electrons. The second kappa shape index (κ2) is 5.03. The van der Waals surface area contributed by atoms with Crippen molar-refractivity contribution in [2.75, 3.05) is 5.73 Å². The number of rotatable bonds is 3. The standard InChI is InChI=1S/C13H11N3O/c14-11-6-7-13(10(8-11)9-17)16-15-12-4-2-1-3-5-12/h1-9H,14H2. The highest BCUT2D eigenvalue weighted by molar-refractivity contribution is 5.84. The zero-order valence-electron chi connectivity index (χ0n) is 9.08. The summed E-state index contributed by atoms with van der Waals surface area (Å²) in [6, 6.07) is 14.3. The number of hydrogen-bond donors (Lipinski definition) is 1. The number of aldehydes is 1. The zero-order chi connectivity index (χ0) is 12.1. The van der Waals surface area contributed by atoms with Crippen LogP contribution in [0.25, 0.3) is 0 Å². The Labute approximate surface area is 98.8 Å². The van der Waals surface area contributed by atoms with E-state index in [9.17, 15) is 4.79 Å². The van der Waals surface area contributed by atoms with E-state index in [1.54, 1.807) is 18.2 Å². The maximum Gasteiger partial charge on any atom is 0.152 e. The zero-order valence-corrected chi connectivity index (χ0v) is 9.08. The average Bonchev–Trinajstić information content (AvgIpc) is 2.38. The highest BCUT2D eigenvalue weighted by Gasteiger charge is 2.00. The first-order valence-electron chi connectivity index (χ1n) is 5.11. The van der Waals surface area contributed by atoms with E-state index in [-0.39, 0.29) is 0 Å². The van der Waals surface area contributed by atoms with Crippen LogP contribution in [-0.4, -0.2) is 6.29 Å². The van der Waals surface area contributed by atoms with Crippen LogP contribution >= 0.6 is 0 Å². The minimum Gasteiger partial charge on any atom is -0.399 e. The summed E-state index contributed by atoms with van der Waals surface area (Å²) in [5.41, 5.74) is 7.80. The van der Waals surface area contributed by atoms with E-state index in [0.717, 1.165) is 12.0 Å². The Kier molecular flexibility index (Phi) is 3.25. The van der Waals surface area contributed by atoms with Gasteiger partial charge in [-0.05, 0) is 30.3 Å². The lowest BCUT2D eigenvalue weighted by Gasteiger charge is -1.98. The summed E-state index contributed by atoms with van der Waals surface area (Å²) < 4.78 is 0. The summed E-state index contributed by atoms with van der Waals surface area (Å²) in [6.07, 6.45) is 0.718. The number of carbonyl (C=O) groups is 1. The lowest BCUT2D eigenvalue weighted by Crippen LogP contribution is -1.87. The molecule has 4 nitrogen and oxygen atoms in total. The predicted molar refractivity (Wildman–Crippen MR) is 66.9 cm³/mol. The molecule has 0 aromatic heterocycles. The Bertz CT molecular complexity index is 550. The first-order valence-corrected chi connectivity index (χ1v) is 5.11. The lowest BCUT2D eigenvalue weighted by molar-refractivity contribution is 0.112. The summed E-state index contributed by atoms with van der Waals surface area (Å²) >= 11 is 0. The molecule has 0 saturated carbocycles. The van der Waals surface area contributed by atoms with E-state index in [1.165, 1.54) is 0 Å². The third-order valence-electron chi connectivity index (χ3n) is 2.21. The van der Waals surface area contributed by atoms with Crippen LogP contribution in [0.1, 0.15) is 10.4 Å². The third kappa shape index (κ3) is 2.75. The van der Waals surface area contributed by atoms with E-state index < -0.39 is 0 Å². The molecule has 0 spiro atoms. The van der Waals surface area contributed by atoms with E-state index >= 15 is 0 Å². The van der Waals surface area contributed by atoms with Gasteiger partial charge in [0.1, 0.15) is 0 Å². The van der Waals surface area contributed by atoms with Crippen molar-refractivity contribution in [2.45, 2.75) is 0 Å². The van der Waals surface area contributed by atoms with Gasteiger partial charge in [0.2, 0.25) is 0 Å². The Morgan fingerprint density at radius 1 is 1.00 bits per heavy atom. The van der Waals surface area contributed by atoms with Gasteiger partial charge in [-0.25, -0.2) is 0 Å². The highest BCUT2D eigenvalue weighted by atomic mass is 16.1. The number of carbonyl (C=O) groups excluding carboxylic acids is 1. The molecule has 2 aromatic rings. The molecule has 2 N–H and O–H groups in total. The molecule has 4 heteroatoms. The fourth-order valence-corrected chi connectivity index (χ4v) is 1.36. The van der Waals surface area contributed by atoms with E-state index in [1.807, 2.05) is 30.3 Å². The van der Waals surface area contributed by atoms with Gasteiger partial charge in [0.05, 0.1) is 11.4 Å². The van der Waals surface area contributed by atoms with Crippen LogP contribution in [-0.2, 0) is 0 Å². The number of benzene rings is 2. The maximum absolute atomic E-state index is 10.8. The van der Waals surface area contributed by atoms with Gasteiger partial charge in [0.25, 0.3) is 0 Å². The summed E-state index contributed by atoms with van der Waals surface area (Å²) in [5, 5.41) is 8.07. The summed E-state index contributed by atoms with van der Waals surface area (Å²) in [7, 11) is 0. The minimum absolute atomic E-state index is 0.435. The highest BCUT2D eigenvalue weighted by Crippen LogP contribution is 2.22. The van der Waals surface area contributed by atoms with Gasteiger partial charge in [0.15, 0.2) is 6.29 Å². The van der Waals surface area contributed by atoms with Gasteiger partial charge in [-0.1, -0.05) is 18.2 Å². The molecular weight excluding hydrogens is 214 g/mol. The van der Waals surface area contributed by atoms with E-state index in [4.69, 9.17) is 5.73 Å². The van der Waals surface area contributed by atoms with Crippen LogP contribution in [0.2, 0.25) is 0 Å². The summed E-state index contributed by atoms with van der Waals surface area (Å²) in [5.74, 6) is 0. The van der Waals surface area contributed by atoms with Crippen LogP contribution in [0.3, 0.4) is 0 Å². The molecule has 0 aliphatic heterocycles. The van der Waals surface area contributed by atoms with Crippen molar-refractivity contribution in [2.24, 2.45) is 10.2 Å². The number of azo groups is 1. The van der Waals surface area contributed by atoms with Crippen molar-refractivity contribution >= 4 is 23.3 Å². The Morgan fingerprint density at radius 2 is 1.76 bits per heavy atom. The quantitative estimate of drug-likeness (QED) is 0.493. The molecule has 0 radical (unpaired) electrons. The van der Waals surface area contributed by atoms with Gasteiger partial charge in [-0.2, -0.15) is 5.11 Å².